The Kier molecular flexibility index (Phi) is 4.02. The second-order valence-corrected chi connectivity index (χ2v) is 5.18. The molecule has 1 saturated heterocycles. The number of piperidine rings is 1. The summed E-state index contributed by atoms with van der Waals surface area (Å²) >= 11 is 0. The van der Waals surface area contributed by atoms with Crippen molar-refractivity contribution < 1.29 is 4.79 Å². The molecule has 3 heteroatoms. The third-order valence-electron chi connectivity index (χ3n) is 4.02. The highest BCUT2D eigenvalue weighted by atomic mass is 16.2. The van der Waals surface area contributed by atoms with Gasteiger partial charge in [-0.15, -0.1) is 0 Å². The molecule has 0 radical (unpaired) electrons. The fraction of sp³-hybridized carbons (Fsp3) is 0.533. The zero-order valence-corrected chi connectivity index (χ0v) is 11.3. The van der Waals surface area contributed by atoms with E-state index in [1.807, 2.05) is 31.2 Å². The monoisotopic (exact) mass is 246 g/mol. The van der Waals surface area contributed by atoms with Crippen molar-refractivity contribution in [2.75, 3.05) is 18.4 Å². The van der Waals surface area contributed by atoms with Crippen LogP contribution in [0.1, 0.15) is 31.7 Å². The van der Waals surface area contributed by atoms with Crippen molar-refractivity contribution in [2.24, 2.45) is 5.41 Å². The van der Waals surface area contributed by atoms with Gasteiger partial charge in [0.25, 0.3) is 0 Å². The van der Waals surface area contributed by atoms with Crippen molar-refractivity contribution in [3.8, 4) is 0 Å². The highest BCUT2D eigenvalue weighted by molar-refractivity contribution is 5.96. The van der Waals surface area contributed by atoms with Crippen LogP contribution in [-0.4, -0.2) is 19.0 Å². The molecule has 1 fully saturated rings. The predicted octanol–water partition coefficient (Wildman–Crippen LogP) is 2.71. The van der Waals surface area contributed by atoms with Crippen LogP contribution >= 0.6 is 0 Å². The number of para-hydroxylation sites is 1. The Balaban J connectivity index is 2.13. The van der Waals surface area contributed by atoms with Crippen molar-refractivity contribution in [1.29, 1.82) is 0 Å². The zero-order chi connectivity index (χ0) is 13.0. The summed E-state index contributed by atoms with van der Waals surface area (Å²) in [6, 6.07) is 7.93. The lowest BCUT2D eigenvalue weighted by atomic mass is 9.77. The quantitative estimate of drug-likeness (QED) is 0.861. The van der Waals surface area contributed by atoms with Crippen molar-refractivity contribution in [3.63, 3.8) is 0 Å². The van der Waals surface area contributed by atoms with Crippen molar-refractivity contribution in [3.05, 3.63) is 29.8 Å². The van der Waals surface area contributed by atoms with Crippen molar-refractivity contribution in [2.45, 2.75) is 33.1 Å². The summed E-state index contributed by atoms with van der Waals surface area (Å²) < 4.78 is 0. The van der Waals surface area contributed by atoms with Gasteiger partial charge in [-0.25, -0.2) is 0 Å². The van der Waals surface area contributed by atoms with Gasteiger partial charge in [-0.2, -0.15) is 0 Å². The van der Waals surface area contributed by atoms with Crippen LogP contribution in [0.3, 0.4) is 0 Å². The van der Waals surface area contributed by atoms with E-state index in [2.05, 4.69) is 17.6 Å². The minimum atomic E-state index is -0.236. The fourth-order valence-corrected chi connectivity index (χ4v) is 2.59. The number of hydrogen-bond donors (Lipinski definition) is 2. The Bertz CT molecular complexity index is 422. The number of amides is 1. The van der Waals surface area contributed by atoms with Gasteiger partial charge in [-0.05, 0) is 44.4 Å². The second kappa shape index (κ2) is 5.53. The average molecular weight is 246 g/mol. The van der Waals surface area contributed by atoms with Crippen LogP contribution < -0.4 is 10.6 Å². The molecule has 0 aromatic heterocycles. The maximum atomic E-state index is 12.5. The number of carbonyl (C=O) groups excluding carboxylic acids is 1. The van der Waals surface area contributed by atoms with Crippen LogP contribution in [0.4, 0.5) is 5.69 Å². The first kappa shape index (κ1) is 13.1. The van der Waals surface area contributed by atoms with Gasteiger partial charge in [0.15, 0.2) is 0 Å². The number of carbonyl (C=O) groups is 1. The first-order chi connectivity index (χ1) is 8.68. The van der Waals surface area contributed by atoms with Gasteiger partial charge in [0.2, 0.25) is 5.91 Å². The molecule has 0 aliphatic carbocycles. The lowest BCUT2D eigenvalue weighted by molar-refractivity contribution is -0.126. The Hall–Kier alpha value is -1.35. The third kappa shape index (κ3) is 2.56. The zero-order valence-electron chi connectivity index (χ0n) is 11.3. The fourth-order valence-electron chi connectivity index (χ4n) is 2.59. The van der Waals surface area contributed by atoms with Crippen LogP contribution in [0.5, 0.6) is 0 Å². The summed E-state index contributed by atoms with van der Waals surface area (Å²) in [7, 11) is 0. The molecule has 2 rings (SSSR count). The summed E-state index contributed by atoms with van der Waals surface area (Å²) in [6.45, 7) is 5.94. The predicted molar refractivity (Wildman–Crippen MR) is 74.6 cm³/mol. The van der Waals surface area contributed by atoms with Gasteiger partial charge in [0, 0.05) is 12.2 Å². The van der Waals surface area contributed by atoms with Crippen LogP contribution in [0.15, 0.2) is 24.3 Å². The molecule has 1 aliphatic heterocycles. The summed E-state index contributed by atoms with van der Waals surface area (Å²) in [5.41, 5.74) is 1.81. The number of benzene rings is 1. The average Bonchev–Trinajstić information content (AvgIpc) is 2.42. The number of nitrogens with one attached hydrogen (secondary N) is 2. The molecular formula is C15H22N2O. The highest BCUT2D eigenvalue weighted by Crippen LogP contribution is 2.31. The molecular weight excluding hydrogens is 224 g/mol. The van der Waals surface area contributed by atoms with E-state index in [0.29, 0.717) is 0 Å². The summed E-state index contributed by atoms with van der Waals surface area (Å²) in [4.78, 5) is 12.5. The molecule has 1 aromatic carbocycles. The van der Waals surface area contributed by atoms with Gasteiger partial charge < -0.3 is 10.6 Å². The van der Waals surface area contributed by atoms with Crippen molar-refractivity contribution >= 4 is 11.6 Å². The normalized spacial score (nSPS) is 23.7. The first-order valence-electron chi connectivity index (χ1n) is 6.76. The molecule has 1 aromatic rings. The second-order valence-electron chi connectivity index (χ2n) is 5.18. The summed E-state index contributed by atoms with van der Waals surface area (Å²) in [5.74, 6) is 0.159. The molecule has 1 atom stereocenters. The molecule has 2 N–H and O–H groups in total. The topological polar surface area (TPSA) is 41.1 Å². The van der Waals surface area contributed by atoms with Gasteiger partial charge in [0.05, 0.1) is 5.41 Å². The van der Waals surface area contributed by atoms with Crippen LogP contribution in [-0.2, 0) is 4.79 Å². The van der Waals surface area contributed by atoms with Gasteiger partial charge >= 0.3 is 0 Å². The third-order valence-corrected chi connectivity index (χ3v) is 4.02. The lowest BCUT2D eigenvalue weighted by Gasteiger charge is -2.35. The van der Waals surface area contributed by atoms with E-state index >= 15 is 0 Å². The van der Waals surface area contributed by atoms with Gasteiger partial charge in [-0.3, -0.25) is 4.79 Å². The van der Waals surface area contributed by atoms with Gasteiger partial charge in [0.1, 0.15) is 0 Å². The molecule has 1 unspecified atom stereocenters. The van der Waals surface area contributed by atoms with E-state index in [1.54, 1.807) is 0 Å². The van der Waals surface area contributed by atoms with Crippen LogP contribution in [0, 0.1) is 12.3 Å². The standard InChI is InChI=1S/C15H22N2O/c1-3-15(9-6-10-16-11-15)14(18)17-13-8-5-4-7-12(13)2/h4-5,7-8,16H,3,6,9-11H2,1-2H3,(H,17,18). The molecule has 0 saturated carbocycles. The number of rotatable bonds is 3. The Morgan fingerprint density at radius 2 is 2.22 bits per heavy atom. The Labute approximate surface area is 109 Å². The molecule has 1 heterocycles. The SMILES string of the molecule is CCC1(C(=O)Nc2ccccc2C)CCCNC1. The number of hydrogen-bond acceptors (Lipinski definition) is 2. The van der Waals surface area contributed by atoms with E-state index in [1.165, 1.54) is 0 Å². The molecule has 3 nitrogen and oxygen atoms in total. The van der Waals surface area contributed by atoms with E-state index in [-0.39, 0.29) is 11.3 Å². The molecule has 1 aliphatic rings. The molecule has 18 heavy (non-hydrogen) atoms. The summed E-state index contributed by atoms with van der Waals surface area (Å²) in [5, 5.41) is 6.44. The minimum absolute atomic E-state index is 0.159. The largest absolute Gasteiger partial charge is 0.325 e. The van der Waals surface area contributed by atoms with Crippen LogP contribution in [0.25, 0.3) is 0 Å². The summed E-state index contributed by atoms with van der Waals surface area (Å²) in [6.07, 6.45) is 2.95. The highest BCUT2D eigenvalue weighted by Gasteiger charge is 2.37. The first-order valence-corrected chi connectivity index (χ1v) is 6.76. The molecule has 98 valence electrons. The van der Waals surface area contributed by atoms with E-state index in [4.69, 9.17) is 0 Å². The van der Waals surface area contributed by atoms with E-state index in [9.17, 15) is 4.79 Å². The molecule has 0 bridgehead atoms. The van der Waals surface area contributed by atoms with E-state index in [0.717, 1.165) is 43.6 Å². The maximum absolute atomic E-state index is 12.5. The van der Waals surface area contributed by atoms with Crippen LogP contribution in [0.2, 0.25) is 0 Å². The maximum Gasteiger partial charge on any atom is 0.231 e. The van der Waals surface area contributed by atoms with Gasteiger partial charge in [-0.1, -0.05) is 25.1 Å². The number of aryl methyl sites for hydroxylation is 1. The smallest absolute Gasteiger partial charge is 0.231 e. The van der Waals surface area contributed by atoms with Crippen molar-refractivity contribution in [1.82, 2.24) is 5.32 Å². The Morgan fingerprint density at radius 1 is 1.44 bits per heavy atom. The minimum Gasteiger partial charge on any atom is -0.325 e. The van der Waals surface area contributed by atoms with E-state index < -0.39 is 0 Å². The number of anilines is 1. The Morgan fingerprint density at radius 3 is 2.83 bits per heavy atom. The molecule has 0 spiro atoms. The molecule has 1 amide bonds. The lowest BCUT2D eigenvalue weighted by Crippen LogP contribution is -2.47.